The summed E-state index contributed by atoms with van der Waals surface area (Å²) in [7, 11) is -1.92. The SMILES string of the molecule is Cn1ccc(-c2ccccc2S(=O)(=O)N2CC(C(=O)N3CCN(c4ccncc4)CC3)C2)n1. The molecule has 0 atom stereocenters. The second-order valence-corrected chi connectivity index (χ2v) is 10.3. The van der Waals surface area contributed by atoms with Crippen molar-refractivity contribution in [1.29, 1.82) is 0 Å². The molecule has 2 aromatic heterocycles. The number of hydrogen-bond acceptors (Lipinski definition) is 6. The molecule has 1 aromatic carbocycles. The van der Waals surface area contributed by atoms with Crippen LogP contribution in [0.5, 0.6) is 0 Å². The van der Waals surface area contributed by atoms with E-state index in [0.29, 0.717) is 24.3 Å². The molecule has 2 saturated heterocycles. The van der Waals surface area contributed by atoms with Crippen LogP contribution < -0.4 is 4.90 Å². The zero-order chi connectivity index (χ0) is 23.0. The number of carbonyl (C=O) groups is 1. The predicted octanol–water partition coefficient (Wildman–Crippen LogP) is 1.45. The smallest absolute Gasteiger partial charge is 0.243 e. The summed E-state index contributed by atoms with van der Waals surface area (Å²) >= 11 is 0. The zero-order valence-corrected chi connectivity index (χ0v) is 19.2. The second kappa shape index (κ2) is 8.60. The van der Waals surface area contributed by atoms with E-state index in [9.17, 15) is 13.2 Å². The molecule has 1 amide bonds. The number of sulfonamides is 1. The number of hydrogen-bond donors (Lipinski definition) is 0. The molecule has 4 heterocycles. The van der Waals surface area contributed by atoms with Gasteiger partial charge in [-0.1, -0.05) is 18.2 Å². The van der Waals surface area contributed by atoms with Crippen molar-refractivity contribution < 1.29 is 13.2 Å². The highest BCUT2D eigenvalue weighted by atomic mass is 32.2. The summed E-state index contributed by atoms with van der Waals surface area (Å²) in [6.45, 7) is 3.19. The van der Waals surface area contributed by atoms with Crippen LogP contribution in [0.1, 0.15) is 0 Å². The quantitative estimate of drug-likeness (QED) is 0.565. The van der Waals surface area contributed by atoms with Crippen molar-refractivity contribution in [2.75, 3.05) is 44.2 Å². The monoisotopic (exact) mass is 466 g/mol. The fraction of sp³-hybridized carbons (Fsp3) is 0.348. The van der Waals surface area contributed by atoms with Crippen LogP contribution in [-0.4, -0.2) is 77.6 Å². The highest BCUT2D eigenvalue weighted by Gasteiger charge is 2.43. The molecule has 10 heteroatoms. The van der Waals surface area contributed by atoms with Crippen molar-refractivity contribution in [1.82, 2.24) is 24.0 Å². The Morgan fingerprint density at radius 1 is 0.970 bits per heavy atom. The van der Waals surface area contributed by atoms with Crippen LogP contribution in [0.15, 0.2) is 66.0 Å². The van der Waals surface area contributed by atoms with Gasteiger partial charge in [0.2, 0.25) is 15.9 Å². The molecule has 0 N–H and O–H groups in total. The van der Waals surface area contributed by atoms with Crippen molar-refractivity contribution in [3.05, 3.63) is 61.1 Å². The Hall–Kier alpha value is -3.24. The summed E-state index contributed by atoms with van der Waals surface area (Å²) in [5.74, 6) is -0.261. The standard InChI is InChI=1S/C23H26N6O3S/c1-26-11-8-21(25-26)20-4-2-3-5-22(20)33(31,32)29-16-18(17-29)23(30)28-14-12-27(13-15-28)19-6-9-24-10-7-19/h2-11,18H,12-17H2,1H3. The van der Waals surface area contributed by atoms with Gasteiger partial charge in [0.25, 0.3) is 0 Å². The molecule has 0 unspecified atom stereocenters. The molecular formula is C23H26N6O3S. The second-order valence-electron chi connectivity index (χ2n) is 8.41. The highest BCUT2D eigenvalue weighted by Crippen LogP contribution is 2.32. The molecule has 9 nitrogen and oxygen atoms in total. The summed E-state index contributed by atoms with van der Waals surface area (Å²) < 4.78 is 29.7. The Bertz CT molecular complexity index is 1250. The maximum absolute atomic E-state index is 13.3. The number of anilines is 1. The molecule has 0 radical (unpaired) electrons. The summed E-state index contributed by atoms with van der Waals surface area (Å²) in [4.78, 5) is 21.3. The lowest BCUT2D eigenvalue weighted by atomic mass is 10.0. The number of amides is 1. The van der Waals surface area contributed by atoms with Gasteiger partial charge in [-0.2, -0.15) is 9.40 Å². The first-order valence-corrected chi connectivity index (χ1v) is 12.4. The van der Waals surface area contributed by atoms with Gasteiger partial charge in [-0.05, 0) is 24.3 Å². The van der Waals surface area contributed by atoms with Crippen molar-refractivity contribution in [3.63, 3.8) is 0 Å². The van der Waals surface area contributed by atoms with Gasteiger partial charge < -0.3 is 9.80 Å². The third-order valence-corrected chi connectivity index (χ3v) is 8.20. The Morgan fingerprint density at radius 2 is 1.67 bits per heavy atom. The molecule has 2 fully saturated rings. The van der Waals surface area contributed by atoms with Gasteiger partial charge >= 0.3 is 0 Å². The molecule has 5 rings (SSSR count). The number of rotatable bonds is 5. The van der Waals surface area contributed by atoms with E-state index in [4.69, 9.17) is 0 Å². The fourth-order valence-corrected chi connectivity index (χ4v) is 6.12. The molecule has 2 aliphatic rings. The lowest BCUT2D eigenvalue weighted by Crippen LogP contribution is -2.59. The number of pyridine rings is 1. The molecule has 0 spiro atoms. The molecule has 0 aliphatic carbocycles. The van der Waals surface area contributed by atoms with Crippen LogP contribution in [0.3, 0.4) is 0 Å². The van der Waals surface area contributed by atoms with Gasteiger partial charge in [-0.25, -0.2) is 8.42 Å². The van der Waals surface area contributed by atoms with Gasteiger partial charge in [0, 0.05) is 76.2 Å². The molecule has 0 bridgehead atoms. The minimum absolute atomic E-state index is 0.0360. The Morgan fingerprint density at radius 3 is 2.33 bits per heavy atom. The minimum atomic E-state index is -3.71. The van der Waals surface area contributed by atoms with E-state index < -0.39 is 10.0 Å². The lowest BCUT2D eigenvalue weighted by Gasteiger charge is -2.42. The molecule has 0 saturated carbocycles. The van der Waals surface area contributed by atoms with Crippen LogP contribution in [0.2, 0.25) is 0 Å². The zero-order valence-electron chi connectivity index (χ0n) is 18.4. The maximum atomic E-state index is 13.3. The van der Waals surface area contributed by atoms with Crippen molar-refractivity contribution in [2.45, 2.75) is 4.90 Å². The summed E-state index contributed by atoms with van der Waals surface area (Å²) in [5.41, 5.74) is 2.28. The Labute approximate surface area is 193 Å². The fourth-order valence-electron chi connectivity index (χ4n) is 4.39. The predicted molar refractivity (Wildman–Crippen MR) is 124 cm³/mol. The largest absolute Gasteiger partial charge is 0.368 e. The summed E-state index contributed by atoms with van der Waals surface area (Å²) in [6, 6.07) is 12.6. The van der Waals surface area contributed by atoms with Crippen LogP contribution in [0.4, 0.5) is 5.69 Å². The molecule has 3 aromatic rings. The number of benzene rings is 1. The van der Waals surface area contributed by atoms with E-state index in [1.807, 2.05) is 17.0 Å². The van der Waals surface area contributed by atoms with Gasteiger partial charge in [0.1, 0.15) is 0 Å². The molecule has 33 heavy (non-hydrogen) atoms. The topological polar surface area (TPSA) is 91.6 Å². The molecular weight excluding hydrogens is 440 g/mol. The highest BCUT2D eigenvalue weighted by molar-refractivity contribution is 7.89. The van der Waals surface area contributed by atoms with Gasteiger partial charge in [0.05, 0.1) is 16.5 Å². The number of aryl methyl sites for hydroxylation is 1. The average molecular weight is 467 g/mol. The van der Waals surface area contributed by atoms with Crippen LogP contribution >= 0.6 is 0 Å². The van der Waals surface area contributed by atoms with Crippen molar-refractivity contribution in [2.24, 2.45) is 13.0 Å². The number of piperazine rings is 1. The number of aromatic nitrogens is 3. The van der Waals surface area contributed by atoms with Crippen molar-refractivity contribution >= 4 is 21.6 Å². The number of carbonyl (C=O) groups excluding carboxylic acids is 1. The molecule has 2 aliphatic heterocycles. The molecule has 172 valence electrons. The van der Waals surface area contributed by atoms with E-state index in [1.165, 1.54) is 4.31 Å². The Kier molecular flexibility index (Phi) is 5.63. The van der Waals surface area contributed by atoms with E-state index in [2.05, 4.69) is 15.0 Å². The van der Waals surface area contributed by atoms with E-state index in [-0.39, 0.29) is 29.8 Å². The first kappa shape index (κ1) is 21.6. The number of nitrogens with zero attached hydrogens (tertiary/aromatic N) is 6. The Balaban J connectivity index is 1.22. The van der Waals surface area contributed by atoms with Crippen LogP contribution in [-0.2, 0) is 21.9 Å². The van der Waals surface area contributed by atoms with E-state index in [1.54, 1.807) is 60.7 Å². The third-order valence-electron chi connectivity index (χ3n) is 6.31. The first-order chi connectivity index (χ1) is 15.9. The van der Waals surface area contributed by atoms with E-state index >= 15 is 0 Å². The summed E-state index contributed by atoms with van der Waals surface area (Å²) in [5, 5.41) is 4.36. The minimum Gasteiger partial charge on any atom is -0.368 e. The van der Waals surface area contributed by atoms with Gasteiger partial charge in [-0.3, -0.25) is 14.5 Å². The maximum Gasteiger partial charge on any atom is 0.243 e. The van der Waals surface area contributed by atoms with Crippen molar-refractivity contribution in [3.8, 4) is 11.3 Å². The summed E-state index contributed by atoms with van der Waals surface area (Å²) in [6.07, 6.45) is 5.32. The third kappa shape index (κ3) is 4.11. The average Bonchev–Trinajstić information content (AvgIpc) is 3.25. The van der Waals surface area contributed by atoms with E-state index in [0.717, 1.165) is 18.8 Å². The lowest BCUT2D eigenvalue weighted by molar-refractivity contribution is -0.139. The van der Waals surface area contributed by atoms with Gasteiger partial charge in [0.15, 0.2) is 0 Å². The first-order valence-electron chi connectivity index (χ1n) is 11.0. The van der Waals surface area contributed by atoms with Crippen LogP contribution in [0.25, 0.3) is 11.3 Å². The van der Waals surface area contributed by atoms with Crippen LogP contribution in [0, 0.1) is 5.92 Å². The normalized spacial score (nSPS) is 17.7. The van der Waals surface area contributed by atoms with Gasteiger partial charge in [-0.15, -0.1) is 0 Å².